The molecule has 108 valence electrons. The molecule has 0 bridgehead atoms. The Morgan fingerprint density at radius 3 is 3.15 bits per heavy atom. The van der Waals surface area contributed by atoms with E-state index in [1.54, 1.807) is 11.3 Å². The topological polar surface area (TPSA) is 84.5 Å². The molecule has 2 atom stereocenters. The van der Waals surface area contributed by atoms with Gasteiger partial charge in [0.25, 0.3) is 0 Å². The number of anilines is 1. The largest absolute Gasteiger partial charge is 0.394 e. The van der Waals surface area contributed by atoms with Crippen LogP contribution in [0.3, 0.4) is 0 Å². The third-order valence-electron chi connectivity index (χ3n) is 3.37. The highest BCUT2D eigenvalue weighted by atomic mass is 32.1. The van der Waals surface area contributed by atoms with Crippen molar-refractivity contribution in [3.8, 4) is 0 Å². The number of aromatic nitrogens is 2. The second kappa shape index (κ2) is 5.61. The number of ether oxygens (including phenoxy) is 1. The predicted octanol–water partition coefficient (Wildman–Crippen LogP) is 0.855. The van der Waals surface area contributed by atoms with Crippen molar-refractivity contribution in [3.63, 3.8) is 0 Å². The summed E-state index contributed by atoms with van der Waals surface area (Å²) in [6, 6.07) is 1.94. The maximum Gasteiger partial charge on any atom is 0.146 e. The molecule has 3 rings (SSSR count). The van der Waals surface area contributed by atoms with Gasteiger partial charge in [-0.05, 0) is 18.4 Å². The van der Waals surface area contributed by atoms with Crippen molar-refractivity contribution < 1.29 is 9.84 Å². The molecular formula is C13H18N4O2S. The Morgan fingerprint density at radius 1 is 1.50 bits per heavy atom. The molecule has 0 radical (unpaired) electrons. The maximum atomic E-state index is 9.25. The summed E-state index contributed by atoms with van der Waals surface area (Å²) in [6.07, 6.45) is -0.0368. The second-order valence-electron chi connectivity index (χ2n) is 5.11. The highest BCUT2D eigenvalue weighted by molar-refractivity contribution is 7.16. The van der Waals surface area contributed by atoms with Gasteiger partial charge in [0, 0.05) is 13.1 Å². The van der Waals surface area contributed by atoms with E-state index in [1.807, 2.05) is 18.4 Å². The van der Waals surface area contributed by atoms with Gasteiger partial charge in [-0.3, -0.25) is 4.90 Å². The summed E-state index contributed by atoms with van der Waals surface area (Å²) < 4.78 is 5.63. The first kappa shape index (κ1) is 13.7. The highest BCUT2D eigenvalue weighted by Crippen LogP contribution is 2.23. The van der Waals surface area contributed by atoms with Gasteiger partial charge in [0.15, 0.2) is 0 Å². The lowest BCUT2D eigenvalue weighted by atomic mass is 10.2. The highest BCUT2D eigenvalue weighted by Gasteiger charge is 2.25. The average molecular weight is 294 g/mol. The Labute approximate surface area is 121 Å². The first-order chi connectivity index (χ1) is 9.65. The Hall–Kier alpha value is -1.28. The maximum absolute atomic E-state index is 9.25. The number of nitrogens with zero attached hydrogens (tertiary/aromatic N) is 3. The van der Waals surface area contributed by atoms with Crippen LogP contribution >= 0.6 is 11.3 Å². The zero-order valence-corrected chi connectivity index (χ0v) is 12.1. The van der Waals surface area contributed by atoms with E-state index >= 15 is 0 Å². The molecule has 3 heterocycles. The molecule has 20 heavy (non-hydrogen) atoms. The summed E-state index contributed by atoms with van der Waals surface area (Å²) in [5.74, 6) is 1.26. The molecule has 0 spiro atoms. The lowest BCUT2D eigenvalue weighted by molar-refractivity contribution is -0.0977. The fourth-order valence-corrected chi connectivity index (χ4v) is 3.36. The van der Waals surface area contributed by atoms with Crippen LogP contribution in [0.2, 0.25) is 0 Å². The minimum absolute atomic E-state index is 0.0355. The average Bonchev–Trinajstić information content (AvgIpc) is 2.86. The number of hydrogen-bond donors (Lipinski definition) is 2. The number of aliphatic hydroxyl groups excluding tert-OH is 1. The van der Waals surface area contributed by atoms with Crippen LogP contribution in [0.5, 0.6) is 0 Å². The Bertz CT molecular complexity index is 603. The summed E-state index contributed by atoms with van der Waals surface area (Å²) in [7, 11) is 0. The number of nitrogens with two attached hydrogens (primary N) is 1. The third kappa shape index (κ3) is 2.76. The van der Waals surface area contributed by atoms with E-state index in [0.717, 1.165) is 22.6 Å². The van der Waals surface area contributed by atoms with E-state index in [0.29, 0.717) is 18.9 Å². The molecule has 1 aliphatic rings. The van der Waals surface area contributed by atoms with E-state index in [4.69, 9.17) is 10.5 Å². The van der Waals surface area contributed by atoms with Gasteiger partial charge in [-0.15, -0.1) is 11.3 Å². The molecule has 0 saturated carbocycles. The van der Waals surface area contributed by atoms with Gasteiger partial charge in [-0.25, -0.2) is 9.97 Å². The SMILES string of the molecule is CC1CN(Cc2nc(N)c3ccsc3n2)CC(CO)O1. The van der Waals surface area contributed by atoms with Gasteiger partial charge in [0.1, 0.15) is 16.5 Å². The fourth-order valence-electron chi connectivity index (χ4n) is 2.57. The zero-order valence-electron chi connectivity index (χ0n) is 11.3. The van der Waals surface area contributed by atoms with E-state index < -0.39 is 0 Å². The van der Waals surface area contributed by atoms with Gasteiger partial charge in [-0.1, -0.05) is 0 Å². The third-order valence-corrected chi connectivity index (χ3v) is 4.18. The van der Waals surface area contributed by atoms with Crippen LogP contribution in [0.25, 0.3) is 10.2 Å². The molecule has 1 fully saturated rings. The first-order valence-electron chi connectivity index (χ1n) is 6.64. The molecule has 1 saturated heterocycles. The Kier molecular flexibility index (Phi) is 3.84. The van der Waals surface area contributed by atoms with Crippen molar-refractivity contribution in [3.05, 3.63) is 17.3 Å². The second-order valence-corrected chi connectivity index (χ2v) is 6.00. The van der Waals surface area contributed by atoms with E-state index in [9.17, 15) is 5.11 Å². The number of aliphatic hydroxyl groups is 1. The monoisotopic (exact) mass is 294 g/mol. The quantitative estimate of drug-likeness (QED) is 0.873. The molecule has 2 aromatic heterocycles. The molecule has 6 nitrogen and oxygen atoms in total. The van der Waals surface area contributed by atoms with Crippen molar-refractivity contribution in [2.75, 3.05) is 25.4 Å². The van der Waals surface area contributed by atoms with Gasteiger partial charge >= 0.3 is 0 Å². The Morgan fingerprint density at radius 2 is 2.35 bits per heavy atom. The number of nitrogen functional groups attached to an aromatic ring is 1. The van der Waals surface area contributed by atoms with Gasteiger partial charge in [0.05, 0.1) is 30.7 Å². The van der Waals surface area contributed by atoms with Crippen LogP contribution in [0.1, 0.15) is 12.7 Å². The number of fused-ring (bicyclic) bond motifs is 1. The standard InChI is InChI=1S/C13H18N4O2S/c1-8-4-17(5-9(7-18)19-8)6-11-15-12(14)10-2-3-20-13(10)16-11/h2-3,8-9,18H,4-7H2,1H3,(H2,14,15,16). The van der Waals surface area contributed by atoms with Crippen molar-refractivity contribution in [2.45, 2.75) is 25.7 Å². The number of rotatable bonds is 3. The van der Waals surface area contributed by atoms with Crippen LogP contribution in [-0.2, 0) is 11.3 Å². The molecule has 2 unspecified atom stereocenters. The number of morpholine rings is 1. The summed E-state index contributed by atoms with van der Waals surface area (Å²) in [5.41, 5.74) is 5.96. The summed E-state index contributed by atoms with van der Waals surface area (Å²) >= 11 is 1.57. The van der Waals surface area contributed by atoms with E-state index in [2.05, 4.69) is 14.9 Å². The Balaban J connectivity index is 1.78. The van der Waals surface area contributed by atoms with Crippen LogP contribution in [0.4, 0.5) is 5.82 Å². The summed E-state index contributed by atoms with van der Waals surface area (Å²) in [6.45, 7) is 4.16. The van der Waals surface area contributed by atoms with Crippen molar-refractivity contribution >= 4 is 27.4 Å². The van der Waals surface area contributed by atoms with Gasteiger partial charge < -0.3 is 15.6 Å². The fraction of sp³-hybridized carbons (Fsp3) is 0.538. The molecule has 1 aliphatic heterocycles. The van der Waals surface area contributed by atoms with Crippen LogP contribution in [0, 0.1) is 0 Å². The summed E-state index contributed by atoms with van der Waals surface area (Å²) in [4.78, 5) is 12.0. The minimum Gasteiger partial charge on any atom is -0.394 e. The van der Waals surface area contributed by atoms with Crippen molar-refractivity contribution in [2.24, 2.45) is 0 Å². The van der Waals surface area contributed by atoms with Crippen LogP contribution < -0.4 is 5.73 Å². The number of hydrogen-bond acceptors (Lipinski definition) is 7. The predicted molar refractivity (Wildman–Crippen MR) is 78.5 cm³/mol. The molecule has 0 amide bonds. The molecule has 0 aliphatic carbocycles. The minimum atomic E-state index is -0.137. The van der Waals surface area contributed by atoms with Crippen LogP contribution in [-0.4, -0.2) is 51.9 Å². The molecule has 0 aromatic carbocycles. The van der Waals surface area contributed by atoms with E-state index in [-0.39, 0.29) is 18.8 Å². The van der Waals surface area contributed by atoms with Crippen molar-refractivity contribution in [1.29, 1.82) is 0 Å². The molecule has 2 aromatic rings. The van der Waals surface area contributed by atoms with Gasteiger partial charge in [0.2, 0.25) is 0 Å². The molecule has 7 heteroatoms. The summed E-state index contributed by atoms with van der Waals surface area (Å²) in [5, 5.41) is 12.1. The lowest BCUT2D eigenvalue weighted by Gasteiger charge is -2.35. The zero-order chi connectivity index (χ0) is 14.1. The lowest BCUT2D eigenvalue weighted by Crippen LogP contribution is -2.47. The molecular weight excluding hydrogens is 276 g/mol. The van der Waals surface area contributed by atoms with Crippen molar-refractivity contribution in [1.82, 2.24) is 14.9 Å². The first-order valence-corrected chi connectivity index (χ1v) is 7.52. The number of thiophene rings is 1. The normalized spacial score (nSPS) is 24.3. The molecule has 3 N–H and O–H groups in total. The van der Waals surface area contributed by atoms with Gasteiger partial charge in [-0.2, -0.15) is 0 Å². The smallest absolute Gasteiger partial charge is 0.146 e. The van der Waals surface area contributed by atoms with Crippen LogP contribution in [0.15, 0.2) is 11.4 Å². The van der Waals surface area contributed by atoms with E-state index in [1.165, 1.54) is 0 Å².